The normalized spacial score (nSPS) is 17.4. The molecule has 0 unspecified atom stereocenters. The van der Waals surface area contributed by atoms with Gasteiger partial charge in [-0.2, -0.15) is 0 Å². The minimum absolute atomic E-state index is 0.102. The number of nitrogens with one attached hydrogen (secondary N) is 2. The topological polar surface area (TPSA) is 101 Å². The zero-order chi connectivity index (χ0) is 22.9. The van der Waals surface area contributed by atoms with Crippen molar-refractivity contribution < 1.29 is 13.2 Å². The summed E-state index contributed by atoms with van der Waals surface area (Å²) in [5.41, 5.74) is 2.35. The van der Waals surface area contributed by atoms with Crippen LogP contribution < -0.4 is 10.0 Å². The molecule has 0 saturated heterocycles. The van der Waals surface area contributed by atoms with E-state index in [0.29, 0.717) is 17.1 Å². The standard InChI is InChI=1S/C23H24N4O3S2/c1-4-14(2)19(25-21-17-12-8-9-13-18(17)32(29,30)27-21)22(28)26-23-24-15(3)20(31-23)16-10-6-5-7-11-16/h5-14,19H,4H2,1-3H3,(H,25,27)(H,24,26,28)/t14-,19-/m0/s1. The van der Waals surface area contributed by atoms with E-state index in [0.717, 1.165) is 16.1 Å². The first kappa shape index (κ1) is 22.2. The fraction of sp³-hybridized carbons (Fsp3) is 0.261. The molecule has 1 aromatic heterocycles. The Morgan fingerprint density at radius 2 is 1.84 bits per heavy atom. The number of amides is 1. The zero-order valence-electron chi connectivity index (χ0n) is 18.0. The largest absolute Gasteiger partial charge is 0.300 e. The summed E-state index contributed by atoms with van der Waals surface area (Å²) in [6.45, 7) is 5.80. The number of anilines is 1. The number of aryl methyl sites for hydroxylation is 1. The van der Waals surface area contributed by atoms with Crippen LogP contribution in [0, 0.1) is 12.8 Å². The van der Waals surface area contributed by atoms with E-state index in [1.54, 1.807) is 18.2 Å². The van der Waals surface area contributed by atoms with Crippen LogP contribution in [0.3, 0.4) is 0 Å². The zero-order valence-corrected chi connectivity index (χ0v) is 19.6. The maximum Gasteiger partial charge on any atom is 0.263 e. The molecule has 0 bridgehead atoms. The summed E-state index contributed by atoms with van der Waals surface area (Å²) in [6, 6.07) is 15.7. The second kappa shape index (κ2) is 8.84. The van der Waals surface area contributed by atoms with Gasteiger partial charge in [0.15, 0.2) is 5.13 Å². The molecule has 2 atom stereocenters. The molecule has 3 aromatic rings. The number of carbonyl (C=O) groups excluding carboxylic acids is 1. The Hall–Kier alpha value is -3.04. The third kappa shape index (κ3) is 4.31. The van der Waals surface area contributed by atoms with Crippen molar-refractivity contribution in [2.75, 3.05) is 5.32 Å². The SMILES string of the molecule is CC[C@H](C)[C@H](N=C1NS(=O)(=O)c2ccccc21)C(=O)Nc1nc(C)c(-c2ccccc2)s1. The van der Waals surface area contributed by atoms with Crippen molar-refractivity contribution in [1.82, 2.24) is 9.71 Å². The highest BCUT2D eigenvalue weighted by atomic mass is 32.2. The summed E-state index contributed by atoms with van der Waals surface area (Å²) in [4.78, 5) is 23.4. The minimum Gasteiger partial charge on any atom is -0.300 e. The molecular formula is C23H24N4O3S2. The lowest BCUT2D eigenvalue weighted by Gasteiger charge is -2.18. The second-order valence-electron chi connectivity index (χ2n) is 7.70. The van der Waals surface area contributed by atoms with Crippen LogP contribution in [0.2, 0.25) is 0 Å². The van der Waals surface area contributed by atoms with Crippen molar-refractivity contribution in [2.24, 2.45) is 10.9 Å². The number of aliphatic imine (C=N–C) groups is 1. The van der Waals surface area contributed by atoms with Gasteiger partial charge in [0.05, 0.1) is 15.5 Å². The summed E-state index contributed by atoms with van der Waals surface area (Å²) in [5, 5.41) is 3.38. The van der Waals surface area contributed by atoms with Crippen LogP contribution in [0.1, 0.15) is 31.5 Å². The van der Waals surface area contributed by atoms with Gasteiger partial charge in [-0.15, -0.1) is 0 Å². The van der Waals surface area contributed by atoms with E-state index < -0.39 is 16.1 Å². The number of benzene rings is 2. The van der Waals surface area contributed by atoms with Crippen molar-refractivity contribution in [1.29, 1.82) is 0 Å². The Kier molecular flexibility index (Phi) is 6.12. The van der Waals surface area contributed by atoms with Crippen LogP contribution >= 0.6 is 11.3 Å². The van der Waals surface area contributed by atoms with E-state index in [9.17, 15) is 13.2 Å². The Morgan fingerprint density at radius 3 is 2.56 bits per heavy atom. The molecule has 4 rings (SSSR count). The molecule has 0 aliphatic carbocycles. The molecule has 2 heterocycles. The van der Waals surface area contributed by atoms with Crippen molar-refractivity contribution in [3.8, 4) is 10.4 Å². The van der Waals surface area contributed by atoms with Gasteiger partial charge in [0.1, 0.15) is 11.9 Å². The maximum absolute atomic E-state index is 13.2. The third-order valence-electron chi connectivity index (χ3n) is 5.45. The van der Waals surface area contributed by atoms with Gasteiger partial charge in [-0.25, -0.2) is 13.4 Å². The third-order valence-corrected chi connectivity index (χ3v) is 7.96. The molecule has 1 aliphatic rings. The molecule has 2 aromatic carbocycles. The summed E-state index contributed by atoms with van der Waals surface area (Å²) in [5.74, 6) is -0.223. The van der Waals surface area contributed by atoms with E-state index in [2.05, 4.69) is 20.0 Å². The molecule has 1 amide bonds. The molecule has 0 spiro atoms. The van der Waals surface area contributed by atoms with Gasteiger partial charge in [-0.1, -0.05) is 74.1 Å². The highest BCUT2D eigenvalue weighted by Crippen LogP contribution is 2.33. The van der Waals surface area contributed by atoms with Crippen LogP contribution in [0.5, 0.6) is 0 Å². The predicted molar refractivity (Wildman–Crippen MR) is 127 cm³/mol. The number of thiazole rings is 1. The van der Waals surface area contributed by atoms with E-state index in [1.165, 1.54) is 17.4 Å². The average Bonchev–Trinajstić information content (AvgIpc) is 3.28. The van der Waals surface area contributed by atoms with Gasteiger partial charge in [-0.3, -0.25) is 14.5 Å². The Labute approximate surface area is 191 Å². The van der Waals surface area contributed by atoms with Gasteiger partial charge in [0, 0.05) is 5.56 Å². The average molecular weight is 469 g/mol. The number of hydrogen-bond acceptors (Lipinski definition) is 6. The van der Waals surface area contributed by atoms with Crippen LogP contribution in [-0.2, 0) is 14.8 Å². The molecular weight excluding hydrogens is 444 g/mol. The smallest absolute Gasteiger partial charge is 0.263 e. The van der Waals surface area contributed by atoms with Crippen LogP contribution in [0.25, 0.3) is 10.4 Å². The quantitative estimate of drug-likeness (QED) is 0.566. The fourth-order valence-corrected chi connectivity index (χ4v) is 5.74. The maximum atomic E-state index is 13.2. The lowest BCUT2D eigenvalue weighted by atomic mass is 9.99. The molecule has 1 aliphatic heterocycles. The number of rotatable bonds is 6. The van der Waals surface area contributed by atoms with E-state index >= 15 is 0 Å². The van der Waals surface area contributed by atoms with E-state index in [4.69, 9.17) is 0 Å². The first-order valence-electron chi connectivity index (χ1n) is 10.3. The molecule has 2 N–H and O–H groups in total. The lowest BCUT2D eigenvalue weighted by molar-refractivity contribution is -0.118. The molecule has 9 heteroatoms. The molecule has 0 saturated carbocycles. The summed E-state index contributed by atoms with van der Waals surface area (Å²) in [7, 11) is -3.67. The van der Waals surface area contributed by atoms with E-state index in [1.807, 2.05) is 51.1 Å². The molecule has 0 fully saturated rings. The van der Waals surface area contributed by atoms with Gasteiger partial charge in [0.25, 0.3) is 15.9 Å². The summed E-state index contributed by atoms with van der Waals surface area (Å²) in [6.07, 6.45) is 0.704. The lowest BCUT2D eigenvalue weighted by Crippen LogP contribution is -2.34. The number of amidine groups is 1. The van der Waals surface area contributed by atoms with Crippen molar-refractivity contribution in [3.05, 3.63) is 65.9 Å². The fourth-order valence-electron chi connectivity index (χ4n) is 3.52. The predicted octanol–water partition coefficient (Wildman–Crippen LogP) is 4.21. The number of aromatic nitrogens is 1. The molecule has 166 valence electrons. The summed E-state index contributed by atoms with van der Waals surface area (Å²) >= 11 is 1.41. The van der Waals surface area contributed by atoms with Crippen molar-refractivity contribution in [3.63, 3.8) is 0 Å². The van der Waals surface area contributed by atoms with Gasteiger partial charge < -0.3 is 5.32 Å². The van der Waals surface area contributed by atoms with Gasteiger partial charge >= 0.3 is 0 Å². The second-order valence-corrected chi connectivity index (χ2v) is 10.3. The van der Waals surface area contributed by atoms with Crippen molar-refractivity contribution >= 4 is 38.2 Å². The van der Waals surface area contributed by atoms with Crippen molar-refractivity contribution in [2.45, 2.75) is 38.1 Å². The van der Waals surface area contributed by atoms with Crippen LogP contribution in [0.4, 0.5) is 5.13 Å². The molecule has 0 radical (unpaired) electrons. The Bertz CT molecular complexity index is 1280. The van der Waals surface area contributed by atoms with Crippen LogP contribution in [0.15, 0.2) is 64.5 Å². The number of hydrogen-bond donors (Lipinski definition) is 2. The monoisotopic (exact) mass is 468 g/mol. The Balaban J connectivity index is 1.63. The first-order chi connectivity index (χ1) is 15.3. The molecule has 32 heavy (non-hydrogen) atoms. The van der Waals surface area contributed by atoms with E-state index in [-0.39, 0.29) is 22.6 Å². The minimum atomic E-state index is -3.67. The van der Waals surface area contributed by atoms with Gasteiger partial charge in [-0.05, 0) is 30.5 Å². The highest BCUT2D eigenvalue weighted by molar-refractivity contribution is 7.90. The number of fused-ring (bicyclic) bond motifs is 1. The Morgan fingerprint density at radius 1 is 1.16 bits per heavy atom. The number of sulfonamides is 1. The van der Waals surface area contributed by atoms with Crippen LogP contribution in [-0.4, -0.2) is 31.2 Å². The highest BCUT2D eigenvalue weighted by Gasteiger charge is 2.33. The summed E-state index contributed by atoms with van der Waals surface area (Å²) < 4.78 is 27.3. The molecule has 7 nitrogen and oxygen atoms in total. The van der Waals surface area contributed by atoms with Gasteiger partial charge in [0.2, 0.25) is 0 Å². The number of carbonyl (C=O) groups is 1. The number of nitrogens with zero attached hydrogens (tertiary/aromatic N) is 2. The first-order valence-corrected chi connectivity index (χ1v) is 12.6.